The van der Waals surface area contributed by atoms with Crippen LogP contribution in [-0.4, -0.2) is 86.6 Å². The summed E-state index contributed by atoms with van der Waals surface area (Å²) >= 11 is 0. The van der Waals surface area contributed by atoms with Gasteiger partial charge in [-0.15, -0.1) is 0 Å². The van der Waals surface area contributed by atoms with Crippen LogP contribution in [0.25, 0.3) is 0 Å². The summed E-state index contributed by atoms with van der Waals surface area (Å²) in [7, 11) is 1.42. The summed E-state index contributed by atoms with van der Waals surface area (Å²) < 4.78 is 34.2. The molecule has 0 saturated heterocycles. The Kier molecular flexibility index (Phi) is 36.1. The van der Waals surface area contributed by atoms with Gasteiger partial charge in [0.15, 0.2) is 6.10 Å². The van der Waals surface area contributed by atoms with Crippen LogP contribution in [0.5, 0.6) is 0 Å². The van der Waals surface area contributed by atoms with Gasteiger partial charge in [0, 0.05) is 19.4 Å². The van der Waals surface area contributed by atoms with Crippen molar-refractivity contribution in [3.63, 3.8) is 0 Å². The number of nitrogens with zero attached hydrogens (tertiary/aromatic N) is 1. The van der Waals surface area contributed by atoms with Gasteiger partial charge in [0.25, 0.3) is 0 Å². The zero-order valence-corrected chi connectivity index (χ0v) is 36.2. The van der Waals surface area contributed by atoms with Gasteiger partial charge in [-0.3, -0.25) is 18.6 Å². The van der Waals surface area contributed by atoms with Gasteiger partial charge in [-0.05, 0) is 57.8 Å². The van der Waals surface area contributed by atoms with E-state index in [4.69, 9.17) is 23.6 Å². The number of phosphoric ester groups is 1. The molecule has 0 radical (unpaired) electrons. The van der Waals surface area contributed by atoms with Crippen LogP contribution in [0, 0.1) is 0 Å². The highest BCUT2D eigenvalue weighted by molar-refractivity contribution is 7.47. The number of carbonyl (C=O) groups excluding carboxylic acids is 2. The number of unbranched alkanes of at least 4 members (excludes halogenated alkanes) is 16. The molecule has 0 aromatic rings. The van der Waals surface area contributed by atoms with E-state index in [1.165, 1.54) is 64.2 Å². The molecule has 55 heavy (non-hydrogen) atoms. The van der Waals surface area contributed by atoms with Crippen LogP contribution in [0.1, 0.15) is 161 Å². The molecule has 0 aromatic carbocycles. The Hall–Kier alpha value is -2.07. The lowest BCUT2D eigenvalue weighted by Crippen LogP contribution is -2.37. The van der Waals surface area contributed by atoms with E-state index in [0.717, 1.165) is 64.2 Å². The molecule has 2 unspecified atom stereocenters. The summed E-state index contributed by atoms with van der Waals surface area (Å²) in [6.45, 7) is 2.35. The fraction of sp³-hybridized carbons (Fsp3) is 0.773. The highest BCUT2D eigenvalue weighted by Crippen LogP contribution is 2.43. The minimum absolute atomic E-state index is 0.0161. The number of rotatable bonds is 39. The number of hydrogen-bond donors (Lipinski definition) is 2. The first kappa shape index (κ1) is 52.9. The van der Waals surface area contributed by atoms with E-state index in [9.17, 15) is 19.0 Å². The van der Waals surface area contributed by atoms with Crippen molar-refractivity contribution < 1.29 is 47.2 Å². The second kappa shape index (κ2) is 37.5. The van der Waals surface area contributed by atoms with Gasteiger partial charge in [-0.1, -0.05) is 139 Å². The first-order valence-electron chi connectivity index (χ1n) is 21.5. The third-order valence-electron chi connectivity index (χ3n) is 8.92. The Morgan fingerprint density at radius 2 is 1.07 bits per heavy atom. The Morgan fingerprint density at radius 3 is 1.60 bits per heavy atom. The maximum absolute atomic E-state index is 12.6. The molecule has 2 N–H and O–H groups in total. The Labute approximate surface area is 336 Å². The maximum Gasteiger partial charge on any atom is 0.472 e. The number of esters is 2. The zero-order valence-electron chi connectivity index (χ0n) is 35.3. The lowest BCUT2D eigenvalue weighted by Gasteiger charge is -2.24. The van der Waals surface area contributed by atoms with Crippen molar-refractivity contribution >= 4 is 19.8 Å². The van der Waals surface area contributed by atoms with Crippen LogP contribution < -0.4 is 0 Å². The molecular weight excluding hydrogens is 717 g/mol. The Balaban J connectivity index is 4.47. The normalized spacial score (nSPS) is 14.1. The molecule has 0 amide bonds. The first-order valence-corrected chi connectivity index (χ1v) is 23.0. The van der Waals surface area contributed by atoms with E-state index in [-0.39, 0.29) is 38.6 Å². The van der Waals surface area contributed by atoms with Gasteiger partial charge < -0.3 is 24.0 Å². The van der Waals surface area contributed by atoms with E-state index >= 15 is 0 Å². The first-order chi connectivity index (χ1) is 26.5. The number of ether oxygens (including phenoxy) is 2. The van der Waals surface area contributed by atoms with Gasteiger partial charge >= 0.3 is 19.8 Å². The van der Waals surface area contributed by atoms with Crippen LogP contribution in [-0.2, 0) is 32.7 Å². The molecule has 0 rings (SSSR count). The van der Waals surface area contributed by atoms with Crippen molar-refractivity contribution in [3.8, 4) is 0 Å². The number of likely N-dealkylation sites (N-methyl/N-ethyl adjacent to an activating group) is 1. The van der Waals surface area contributed by atoms with E-state index in [1.807, 2.05) is 27.2 Å². The van der Waals surface area contributed by atoms with E-state index in [1.54, 1.807) is 0 Å². The number of aliphatic hydroxyl groups excluding tert-OH is 1. The van der Waals surface area contributed by atoms with Crippen LogP contribution in [0.2, 0.25) is 0 Å². The molecule has 10 nitrogen and oxygen atoms in total. The summed E-state index contributed by atoms with van der Waals surface area (Å²) in [5.41, 5.74) is 0. The Bertz CT molecular complexity index is 1080. The molecule has 0 aliphatic carbocycles. The summed E-state index contributed by atoms with van der Waals surface area (Å²) in [5.74, 6) is -0.878. The number of hydrogen-bond acceptors (Lipinski definition) is 8. The van der Waals surface area contributed by atoms with Crippen LogP contribution in [0.4, 0.5) is 0 Å². The van der Waals surface area contributed by atoms with Crippen molar-refractivity contribution in [2.45, 2.75) is 167 Å². The van der Waals surface area contributed by atoms with E-state index in [2.05, 4.69) is 49.5 Å². The summed E-state index contributed by atoms with van der Waals surface area (Å²) in [4.78, 5) is 35.3. The number of quaternary nitrogens is 1. The zero-order chi connectivity index (χ0) is 40.7. The molecule has 0 aromatic heterocycles. The number of phosphoric acid groups is 1. The summed E-state index contributed by atoms with van der Waals surface area (Å²) in [6, 6.07) is 0. The van der Waals surface area contributed by atoms with Gasteiger partial charge in [0.05, 0.1) is 27.7 Å². The van der Waals surface area contributed by atoms with Gasteiger partial charge in [-0.2, -0.15) is 0 Å². The van der Waals surface area contributed by atoms with E-state index < -0.39 is 26.5 Å². The van der Waals surface area contributed by atoms with Gasteiger partial charge in [0.1, 0.15) is 19.8 Å². The molecule has 0 saturated carbocycles. The molecular formula is C44H81NO9P+. The smallest absolute Gasteiger partial charge is 0.462 e. The van der Waals surface area contributed by atoms with E-state index in [0.29, 0.717) is 23.9 Å². The predicted octanol–water partition coefficient (Wildman–Crippen LogP) is 10.9. The van der Waals surface area contributed by atoms with Crippen LogP contribution in [0.15, 0.2) is 48.6 Å². The minimum atomic E-state index is -4.39. The average molecular weight is 799 g/mol. The van der Waals surface area contributed by atoms with Crippen molar-refractivity contribution in [1.82, 2.24) is 0 Å². The number of aliphatic hydroxyl groups is 1. The molecule has 0 fully saturated rings. The topological polar surface area (TPSA) is 129 Å². The monoisotopic (exact) mass is 799 g/mol. The third-order valence-corrected chi connectivity index (χ3v) is 9.90. The molecule has 0 bridgehead atoms. The molecule has 320 valence electrons. The minimum Gasteiger partial charge on any atom is -0.462 e. The van der Waals surface area contributed by atoms with Gasteiger partial charge in [0.2, 0.25) is 0 Å². The molecule has 0 aliphatic heterocycles. The number of carbonyl (C=O) groups is 2. The highest BCUT2D eigenvalue weighted by atomic mass is 31.2. The predicted molar refractivity (Wildman–Crippen MR) is 226 cm³/mol. The second-order valence-electron chi connectivity index (χ2n) is 15.5. The van der Waals surface area contributed by atoms with Crippen molar-refractivity contribution in [1.29, 1.82) is 0 Å². The Morgan fingerprint density at radius 1 is 0.600 bits per heavy atom. The molecule has 0 aliphatic rings. The standard InChI is InChI=1S/C44H80NO9P/c1-5-6-7-8-9-10-11-17-20-23-26-29-32-35-43(47)51-40-42(41-53-55(49,50)52-39-37-45(2,3)4)54-44(48)36-33-30-27-24-21-18-15-13-12-14-16-19-22-25-28-31-34-38-46/h12,14-15,18-19,22,24,27,42,46H,5-11,13,16-17,20-21,23,25-26,28-41H2,1-4H3/p+1/b14-12-,18-15-,22-19-,27-24-. The molecule has 0 spiro atoms. The third kappa shape index (κ3) is 41.4. The highest BCUT2D eigenvalue weighted by Gasteiger charge is 2.27. The summed E-state index contributed by atoms with van der Waals surface area (Å²) in [6.07, 6.45) is 40.3. The summed E-state index contributed by atoms with van der Waals surface area (Å²) in [5, 5.41) is 8.80. The SMILES string of the molecule is CCCCCCCCCCCCCCCC(=O)OCC(COP(=O)(O)OCC[N+](C)(C)C)OC(=O)CCC/C=C\C/C=C\C/C=C\C/C=C\CCCCCO. The quantitative estimate of drug-likeness (QED) is 0.0205. The average Bonchev–Trinajstić information content (AvgIpc) is 3.13. The molecule has 11 heteroatoms. The van der Waals surface area contributed by atoms with Crippen molar-refractivity contribution in [2.75, 3.05) is 54.1 Å². The molecule has 2 atom stereocenters. The number of allylic oxidation sites excluding steroid dienone is 8. The van der Waals surface area contributed by atoms with Crippen LogP contribution >= 0.6 is 7.82 Å². The van der Waals surface area contributed by atoms with Crippen molar-refractivity contribution in [2.24, 2.45) is 0 Å². The molecule has 0 heterocycles. The van der Waals surface area contributed by atoms with Crippen LogP contribution in [0.3, 0.4) is 0 Å². The fourth-order valence-electron chi connectivity index (χ4n) is 5.51. The second-order valence-corrected chi connectivity index (χ2v) is 16.9. The fourth-order valence-corrected chi connectivity index (χ4v) is 6.26. The lowest BCUT2D eigenvalue weighted by molar-refractivity contribution is -0.870. The van der Waals surface area contributed by atoms with Crippen molar-refractivity contribution in [3.05, 3.63) is 48.6 Å². The maximum atomic E-state index is 12.6. The largest absolute Gasteiger partial charge is 0.472 e. The van der Waals surface area contributed by atoms with Gasteiger partial charge in [-0.25, -0.2) is 4.57 Å². The lowest BCUT2D eigenvalue weighted by atomic mass is 10.0.